The van der Waals surface area contributed by atoms with E-state index in [9.17, 15) is 0 Å². The van der Waals surface area contributed by atoms with Gasteiger partial charge in [0.15, 0.2) is 6.17 Å². The number of hydrogen-bond acceptors (Lipinski definition) is 4. The summed E-state index contributed by atoms with van der Waals surface area (Å²) >= 11 is 0. The van der Waals surface area contributed by atoms with Gasteiger partial charge >= 0.3 is 0 Å². The summed E-state index contributed by atoms with van der Waals surface area (Å²) in [6, 6.07) is 64.7. The van der Waals surface area contributed by atoms with Gasteiger partial charge in [-0.1, -0.05) is 147 Å². The minimum atomic E-state index is -0.500. The van der Waals surface area contributed by atoms with Crippen LogP contribution in [0.25, 0.3) is 71.7 Å². The van der Waals surface area contributed by atoms with Crippen LogP contribution in [0.5, 0.6) is 0 Å². The van der Waals surface area contributed by atoms with Crippen molar-refractivity contribution in [2.45, 2.75) is 25.4 Å². The third kappa shape index (κ3) is 5.11. The van der Waals surface area contributed by atoms with Gasteiger partial charge in [-0.15, -0.1) is 0 Å². The summed E-state index contributed by atoms with van der Waals surface area (Å²) in [5.41, 5.74) is 15.7. The number of furan rings is 1. The van der Waals surface area contributed by atoms with Gasteiger partial charge in [0.25, 0.3) is 0 Å². The van der Waals surface area contributed by atoms with Crippen LogP contribution in [0.3, 0.4) is 0 Å². The summed E-state index contributed by atoms with van der Waals surface area (Å²) in [4.78, 5) is 10.5. The van der Waals surface area contributed by atoms with E-state index >= 15 is 0 Å². The Balaban J connectivity index is 1.09. The van der Waals surface area contributed by atoms with Crippen molar-refractivity contribution >= 4 is 55.4 Å². The van der Waals surface area contributed by atoms with Crippen LogP contribution >= 0.6 is 0 Å². The molecule has 0 amide bonds. The van der Waals surface area contributed by atoms with Gasteiger partial charge in [-0.25, -0.2) is 9.98 Å². The molecule has 5 nitrogen and oxygen atoms in total. The van der Waals surface area contributed by atoms with Crippen molar-refractivity contribution < 1.29 is 4.42 Å². The summed E-state index contributed by atoms with van der Waals surface area (Å²) in [5.74, 6) is 1.57. The Kier molecular flexibility index (Phi) is 7.27. The third-order valence-corrected chi connectivity index (χ3v) is 12.5. The Hall–Kier alpha value is -7.50. The molecule has 0 radical (unpaired) electrons. The molecule has 3 heterocycles. The van der Waals surface area contributed by atoms with Crippen LogP contribution < -0.4 is 5.32 Å². The van der Waals surface area contributed by atoms with Gasteiger partial charge in [0.2, 0.25) is 0 Å². The van der Waals surface area contributed by atoms with E-state index in [2.05, 4.69) is 169 Å². The molecule has 0 bridgehead atoms. The number of rotatable bonds is 5. The van der Waals surface area contributed by atoms with Gasteiger partial charge in [0.05, 0.1) is 11.0 Å². The second kappa shape index (κ2) is 12.8. The smallest absolute Gasteiger partial charge is 0.170 e. The van der Waals surface area contributed by atoms with E-state index in [1.54, 1.807) is 0 Å². The largest absolute Gasteiger partial charge is 0.456 e. The first-order valence-electron chi connectivity index (χ1n) is 20.3. The van der Waals surface area contributed by atoms with Crippen molar-refractivity contribution in [3.8, 4) is 27.9 Å². The monoisotopic (exact) mass is 758 g/mol. The van der Waals surface area contributed by atoms with Crippen molar-refractivity contribution in [2.24, 2.45) is 9.98 Å². The first kappa shape index (κ1) is 33.6. The number of benzene rings is 8. The fraction of sp³-hybridized carbons (Fsp3) is 0.0741. The lowest BCUT2D eigenvalue weighted by molar-refractivity contribution is 0.661. The predicted molar refractivity (Wildman–Crippen MR) is 243 cm³/mol. The SMILES string of the molecule is CC1(C)c2ccccc2-c2cc3c4cc(-c5cccc6oc7cccc(C8N=C(c9ccccc9)NC(c9ccccc9)=N8)c7c56)ccc4n(-c4ccccc4)c3cc21. The summed E-state index contributed by atoms with van der Waals surface area (Å²) < 4.78 is 9.11. The average Bonchev–Trinajstić information content (AvgIpc) is 3.91. The zero-order valence-electron chi connectivity index (χ0n) is 32.6. The number of hydrogen-bond donors (Lipinski definition) is 1. The minimum Gasteiger partial charge on any atom is -0.456 e. The van der Waals surface area contributed by atoms with Gasteiger partial charge in [-0.05, 0) is 81.9 Å². The zero-order valence-corrected chi connectivity index (χ0v) is 32.6. The molecule has 10 aromatic rings. The number of amidine groups is 2. The van der Waals surface area contributed by atoms with Crippen molar-refractivity contribution in [1.82, 2.24) is 9.88 Å². The highest BCUT2D eigenvalue weighted by molar-refractivity contribution is 6.18. The number of fused-ring (bicyclic) bond motifs is 9. The maximum absolute atomic E-state index is 6.68. The third-order valence-electron chi connectivity index (χ3n) is 12.5. The lowest BCUT2D eigenvalue weighted by Gasteiger charge is -2.23. The highest BCUT2D eigenvalue weighted by Gasteiger charge is 2.36. The molecule has 8 aromatic carbocycles. The van der Waals surface area contributed by atoms with Gasteiger partial charge in [0.1, 0.15) is 22.8 Å². The Morgan fingerprint density at radius 2 is 1.10 bits per heavy atom. The Labute approximate surface area is 341 Å². The molecule has 280 valence electrons. The maximum atomic E-state index is 6.68. The number of para-hydroxylation sites is 1. The molecule has 1 aliphatic carbocycles. The number of nitrogens with zero attached hydrogens (tertiary/aromatic N) is 3. The van der Waals surface area contributed by atoms with Crippen LogP contribution in [0.4, 0.5) is 0 Å². The van der Waals surface area contributed by atoms with Gasteiger partial charge < -0.3 is 14.3 Å². The molecule has 1 aliphatic heterocycles. The Bertz CT molecular complexity index is 3320. The molecule has 0 saturated carbocycles. The molecule has 0 spiro atoms. The molecule has 2 aromatic heterocycles. The molecule has 5 heteroatoms. The van der Waals surface area contributed by atoms with E-state index in [4.69, 9.17) is 14.4 Å². The maximum Gasteiger partial charge on any atom is 0.170 e. The average molecular weight is 759 g/mol. The van der Waals surface area contributed by atoms with Crippen LogP contribution in [0, 0.1) is 0 Å². The van der Waals surface area contributed by atoms with Crippen molar-refractivity contribution in [2.75, 3.05) is 0 Å². The highest BCUT2D eigenvalue weighted by atomic mass is 16.3. The van der Waals surface area contributed by atoms with Crippen LogP contribution in [-0.2, 0) is 5.41 Å². The quantitative estimate of drug-likeness (QED) is 0.190. The van der Waals surface area contributed by atoms with E-state index in [0.717, 1.165) is 67.1 Å². The molecule has 0 saturated heterocycles. The van der Waals surface area contributed by atoms with E-state index in [-0.39, 0.29) is 5.41 Å². The normalized spacial score (nSPS) is 14.7. The van der Waals surface area contributed by atoms with Crippen LogP contribution in [0.1, 0.15) is 47.8 Å². The van der Waals surface area contributed by atoms with E-state index in [1.807, 2.05) is 36.4 Å². The summed E-state index contributed by atoms with van der Waals surface area (Å²) in [6.07, 6.45) is -0.500. The summed E-state index contributed by atoms with van der Waals surface area (Å²) in [5, 5.41) is 8.09. The molecular weight excluding hydrogens is 721 g/mol. The molecule has 0 unspecified atom stereocenters. The van der Waals surface area contributed by atoms with Gasteiger partial charge in [0, 0.05) is 49.3 Å². The molecule has 0 atom stereocenters. The van der Waals surface area contributed by atoms with Gasteiger partial charge in [-0.3, -0.25) is 0 Å². The Morgan fingerprint density at radius 3 is 1.83 bits per heavy atom. The summed E-state index contributed by atoms with van der Waals surface area (Å²) in [6.45, 7) is 4.71. The first-order chi connectivity index (χ1) is 29.0. The topological polar surface area (TPSA) is 54.8 Å². The van der Waals surface area contributed by atoms with E-state index < -0.39 is 6.17 Å². The van der Waals surface area contributed by atoms with Crippen LogP contribution in [-0.4, -0.2) is 16.2 Å². The molecule has 2 aliphatic rings. The molecule has 1 N–H and O–H groups in total. The van der Waals surface area contributed by atoms with E-state index in [0.29, 0.717) is 0 Å². The molecular formula is C54H38N4O. The predicted octanol–water partition coefficient (Wildman–Crippen LogP) is 13.2. The second-order valence-corrected chi connectivity index (χ2v) is 16.2. The van der Waals surface area contributed by atoms with Crippen LogP contribution in [0.2, 0.25) is 0 Å². The molecule has 59 heavy (non-hydrogen) atoms. The van der Waals surface area contributed by atoms with Crippen molar-refractivity contribution in [3.63, 3.8) is 0 Å². The second-order valence-electron chi connectivity index (χ2n) is 16.2. The zero-order chi connectivity index (χ0) is 39.2. The van der Waals surface area contributed by atoms with Gasteiger partial charge in [-0.2, -0.15) is 0 Å². The fourth-order valence-corrected chi connectivity index (χ4v) is 9.66. The number of nitrogens with one attached hydrogen (secondary N) is 1. The van der Waals surface area contributed by atoms with E-state index in [1.165, 1.54) is 44.1 Å². The van der Waals surface area contributed by atoms with Crippen LogP contribution in [0.15, 0.2) is 196 Å². The first-order valence-corrected chi connectivity index (χ1v) is 20.3. The van der Waals surface area contributed by atoms with Crippen molar-refractivity contribution in [3.05, 3.63) is 210 Å². The molecule has 12 rings (SSSR count). The lowest BCUT2D eigenvalue weighted by atomic mass is 9.82. The Morgan fingerprint density at radius 1 is 0.492 bits per heavy atom. The highest BCUT2D eigenvalue weighted by Crippen LogP contribution is 2.51. The standard InChI is InChI=1S/C54H38N4O/c1-54(2)43-25-13-12-22-38(43)40-31-42-41-30-35(28-29-45(41)58(46(42)32-44(40)54)36-20-10-5-11-21-36)37-23-14-26-47-49(37)50-39(24-15-27-48(50)59-47)53-56-51(33-16-6-3-7-17-33)55-52(57-53)34-18-8-4-9-19-34/h3-32,53H,1-2H3,(H,55,56,57). The molecule has 0 fully saturated rings. The number of aromatic nitrogens is 1. The fourth-order valence-electron chi connectivity index (χ4n) is 9.66. The summed E-state index contributed by atoms with van der Waals surface area (Å²) in [7, 11) is 0. The van der Waals surface area contributed by atoms with Crippen molar-refractivity contribution in [1.29, 1.82) is 0 Å². The lowest BCUT2D eigenvalue weighted by Crippen LogP contribution is -2.36. The minimum absolute atomic E-state index is 0.106. The number of aliphatic imine (C=N–C) groups is 2.